The maximum Gasteiger partial charge on any atom is 0.251 e. The van der Waals surface area contributed by atoms with Crippen molar-refractivity contribution in [2.24, 2.45) is 0 Å². The highest BCUT2D eigenvalue weighted by Gasteiger charge is 2.13. The highest BCUT2D eigenvalue weighted by molar-refractivity contribution is 7.71. The van der Waals surface area contributed by atoms with E-state index >= 15 is 0 Å². The Kier molecular flexibility index (Phi) is 5.59. The summed E-state index contributed by atoms with van der Waals surface area (Å²) < 4.78 is 2.01. The molecule has 4 aromatic rings. The zero-order valence-electron chi connectivity index (χ0n) is 17.0. The van der Waals surface area contributed by atoms with Crippen LogP contribution in [0.15, 0.2) is 59.4 Å². The molecule has 4 rings (SSSR count). The number of hydrogen-bond acceptors (Lipinski definition) is 5. The molecule has 8 nitrogen and oxygen atoms in total. The molecule has 0 fully saturated rings. The van der Waals surface area contributed by atoms with Crippen LogP contribution in [0, 0.1) is 18.6 Å². The number of rotatable bonds is 5. The smallest absolute Gasteiger partial charge is 0.251 e. The van der Waals surface area contributed by atoms with E-state index in [9.17, 15) is 9.59 Å². The number of aromatic nitrogens is 5. The fourth-order valence-corrected chi connectivity index (χ4v) is 3.39. The Hall–Kier alpha value is -3.85. The minimum Gasteiger partial charge on any atom is -0.325 e. The van der Waals surface area contributed by atoms with E-state index in [0.717, 1.165) is 11.1 Å². The molecule has 31 heavy (non-hydrogen) atoms. The van der Waals surface area contributed by atoms with Gasteiger partial charge in [0.05, 0.1) is 0 Å². The number of amides is 1. The molecule has 0 aliphatic heterocycles. The Morgan fingerprint density at radius 3 is 2.61 bits per heavy atom. The average molecular weight is 433 g/mol. The molecule has 0 saturated heterocycles. The summed E-state index contributed by atoms with van der Waals surface area (Å²) in [5.74, 6) is 0.781. The summed E-state index contributed by atoms with van der Waals surface area (Å²) in [5, 5.41) is 9.89. The van der Waals surface area contributed by atoms with Crippen LogP contribution >= 0.6 is 12.2 Å². The van der Waals surface area contributed by atoms with Gasteiger partial charge in [0.25, 0.3) is 5.56 Å². The van der Waals surface area contributed by atoms with Gasteiger partial charge in [-0.3, -0.25) is 19.3 Å². The van der Waals surface area contributed by atoms with Gasteiger partial charge in [0, 0.05) is 28.6 Å². The van der Waals surface area contributed by atoms with Crippen LogP contribution in [0.3, 0.4) is 0 Å². The molecule has 0 aliphatic rings. The van der Waals surface area contributed by atoms with Crippen molar-refractivity contribution in [1.29, 1.82) is 0 Å². The van der Waals surface area contributed by atoms with Crippen LogP contribution in [0.2, 0.25) is 0 Å². The van der Waals surface area contributed by atoms with Crippen molar-refractivity contribution in [3.63, 3.8) is 0 Å². The summed E-state index contributed by atoms with van der Waals surface area (Å²) >= 11 is 5.31. The van der Waals surface area contributed by atoms with E-state index in [-0.39, 0.29) is 18.0 Å². The van der Waals surface area contributed by atoms with Gasteiger partial charge >= 0.3 is 0 Å². The van der Waals surface area contributed by atoms with Gasteiger partial charge in [0.15, 0.2) is 10.6 Å². The highest BCUT2D eigenvalue weighted by Crippen LogP contribution is 2.20. The fourth-order valence-electron chi connectivity index (χ4n) is 3.19. The van der Waals surface area contributed by atoms with Crippen molar-refractivity contribution in [3.05, 3.63) is 81.0 Å². The van der Waals surface area contributed by atoms with E-state index in [1.807, 2.05) is 37.3 Å². The van der Waals surface area contributed by atoms with Crippen LogP contribution in [0.1, 0.15) is 11.3 Å². The predicted octanol–water partition coefficient (Wildman–Crippen LogP) is 3.61. The van der Waals surface area contributed by atoms with E-state index in [2.05, 4.69) is 25.5 Å². The molecular weight excluding hydrogens is 412 g/mol. The summed E-state index contributed by atoms with van der Waals surface area (Å²) in [6.45, 7) is 3.76. The van der Waals surface area contributed by atoms with E-state index in [1.54, 1.807) is 29.7 Å². The van der Waals surface area contributed by atoms with Gasteiger partial charge < -0.3 is 10.3 Å². The Labute approximate surface area is 183 Å². The number of hydrogen-bond donors (Lipinski definition) is 3. The number of aromatic amines is 2. The number of aryl methyl sites for hydroxylation is 2. The van der Waals surface area contributed by atoms with Crippen molar-refractivity contribution >= 4 is 23.8 Å². The summed E-state index contributed by atoms with van der Waals surface area (Å²) in [4.78, 5) is 31.5. The number of benzene rings is 2. The standard InChI is InChI=1S/C22H20N6O2S/c1-13-6-8-15(9-7-13)21-26-27-22(31)28(21)12-19(30)24-17-5-3-4-16(11-17)20-23-14(2)10-18(29)25-20/h3-11H,12H2,1-2H3,(H,24,30)(H,27,31)(H,23,25,29). The molecule has 0 spiro atoms. The molecule has 2 aromatic heterocycles. The van der Waals surface area contributed by atoms with Gasteiger partial charge in [-0.05, 0) is 38.2 Å². The van der Waals surface area contributed by atoms with Crippen molar-refractivity contribution in [2.75, 3.05) is 5.32 Å². The molecule has 0 atom stereocenters. The molecule has 0 bridgehead atoms. The van der Waals surface area contributed by atoms with Crippen LogP contribution in [0.25, 0.3) is 22.8 Å². The van der Waals surface area contributed by atoms with E-state index in [4.69, 9.17) is 12.2 Å². The predicted molar refractivity (Wildman–Crippen MR) is 121 cm³/mol. The average Bonchev–Trinajstić information content (AvgIpc) is 3.08. The molecule has 0 aliphatic carbocycles. The molecule has 156 valence electrons. The van der Waals surface area contributed by atoms with Crippen LogP contribution in [-0.4, -0.2) is 30.6 Å². The van der Waals surface area contributed by atoms with Crippen molar-refractivity contribution in [2.45, 2.75) is 20.4 Å². The molecule has 1 amide bonds. The Morgan fingerprint density at radius 2 is 1.87 bits per heavy atom. The molecule has 0 saturated carbocycles. The zero-order chi connectivity index (χ0) is 22.0. The summed E-state index contributed by atoms with van der Waals surface area (Å²) in [7, 11) is 0. The second kappa shape index (κ2) is 8.49. The Bertz CT molecular complexity index is 1370. The molecular formula is C22H20N6O2S. The number of anilines is 1. The van der Waals surface area contributed by atoms with E-state index < -0.39 is 0 Å². The lowest BCUT2D eigenvalue weighted by Crippen LogP contribution is -2.19. The third kappa shape index (κ3) is 4.67. The molecule has 2 heterocycles. The monoisotopic (exact) mass is 432 g/mol. The summed E-state index contributed by atoms with van der Waals surface area (Å²) in [6.07, 6.45) is 0. The lowest BCUT2D eigenvalue weighted by atomic mass is 10.1. The SMILES string of the molecule is Cc1ccc(-c2n[nH]c(=S)n2CC(=O)Nc2cccc(-c3nc(C)cc(=O)[nH]3)c2)cc1. The van der Waals surface area contributed by atoms with Gasteiger partial charge in [-0.1, -0.05) is 42.0 Å². The number of nitrogens with zero attached hydrogens (tertiary/aromatic N) is 3. The molecule has 9 heteroatoms. The van der Waals surface area contributed by atoms with E-state index in [0.29, 0.717) is 33.4 Å². The highest BCUT2D eigenvalue weighted by atomic mass is 32.1. The third-order valence-corrected chi connectivity index (χ3v) is 4.97. The van der Waals surface area contributed by atoms with Gasteiger partial charge in [0.2, 0.25) is 5.91 Å². The minimum absolute atomic E-state index is 0.00228. The first-order valence-corrected chi connectivity index (χ1v) is 10.0. The molecule has 2 aromatic carbocycles. The van der Waals surface area contributed by atoms with Crippen molar-refractivity contribution in [3.8, 4) is 22.8 Å². The van der Waals surface area contributed by atoms with Gasteiger partial charge in [-0.2, -0.15) is 5.10 Å². The second-order valence-electron chi connectivity index (χ2n) is 7.17. The quantitative estimate of drug-likeness (QED) is 0.418. The fraction of sp³-hybridized carbons (Fsp3) is 0.136. The molecule has 3 N–H and O–H groups in total. The van der Waals surface area contributed by atoms with Gasteiger partial charge in [0.1, 0.15) is 12.4 Å². The lowest BCUT2D eigenvalue weighted by Gasteiger charge is -2.10. The van der Waals surface area contributed by atoms with Crippen LogP contribution in [-0.2, 0) is 11.3 Å². The number of H-pyrrole nitrogens is 2. The lowest BCUT2D eigenvalue weighted by molar-refractivity contribution is -0.116. The van der Waals surface area contributed by atoms with Crippen molar-refractivity contribution in [1.82, 2.24) is 24.7 Å². The second-order valence-corrected chi connectivity index (χ2v) is 7.56. The van der Waals surface area contributed by atoms with Crippen LogP contribution in [0.5, 0.6) is 0 Å². The Morgan fingerprint density at radius 1 is 1.10 bits per heavy atom. The zero-order valence-corrected chi connectivity index (χ0v) is 17.8. The van der Waals surface area contributed by atoms with Crippen molar-refractivity contribution < 1.29 is 4.79 Å². The first-order valence-electron chi connectivity index (χ1n) is 9.59. The first kappa shape index (κ1) is 20.4. The topological polar surface area (TPSA) is 108 Å². The largest absolute Gasteiger partial charge is 0.325 e. The molecule has 0 unspecified atom stereocenters. The van der Waals surface area contributed by atoms with Gasteiger partial charge in [-0.15, -0.1) is 0 Å². The Balaban J connectivity index is 1.55. The normalized spacial score (nSPS) is 10.8. The maximum absolute atomic E-state index is 12.7. The third-order valence-electron chi connectivity index (χ3n) is 4.66. The van der Waals surface area contributed by atoms with Gasteiger partial charge in [-0.25, -0.2) is 4.98 Å². The molecule has 0 radical (unpaired) electrons. The minimum atomic E-state index is -0.256. The number of carbonyl (C=O) groups is 1. The summed E-state index contributed by atoms with van der Waals surface area (Å²) in [5.41, 5.74) is 3.66. The number of nitrogens with one attached hydrogen (secondary N) is 3. The van der Waals surface area contributed by atoms with Crippen LogP contribution < -0.4 is 10.9 Å². The number of carbonyl (C=O) groups excluding carboxylic acids is 1. The summed E-state index contributed by atoms with van der Waals surface area (Å²) in [6, 6.07) is 16.4. The maximum atomic E-state index is 12.7. The first-order chi connectivity index (χ1) is 14.9. The van der Waals surface area contributed by atoms with E-state index in [1.165, 1.54) is 6.07 Å². The van der Waals surface area contributed by atoms with Crippen LogP contribution in [0.4, 0.5) is 5.69 Å².